The van der Waals surface area contributed by atoms with Gasteiger partial charge in [0.15, 0.2) is 0 Å². The topological polar surface area (TPSA) is 41.4 Å². The molecule has 0 radical (unpaired) electrons. The van der Waals surface area contributed by atoms with Crippen molar-refractivity contribution in [3.63, 3.8) is 0 Å². The molecule has 0 unspecified atom stereocenters. The van der Waals surface area contributed by atoms with Crippen LogP contribution in [0.4, 0.5) is 0 Å². The van der Waals surface area contributed by atoms with Crippen LogP contribution >= 0.6 is 0 Å². The summed E-state index contributed by atoms with van der Waals surface area (Å²) in [5, 5.41) is 0. The second kappa shape index (κ2) is 7.23. The average molecular weight is 352 g/mol. The monoisotopic (exact) mass is 352 g/mol. The number of aromatic nitrogens is 2. The first kappa shape index (κ1) is 17.3. The zero-order chi connectivity index (χ0) is 18.0. The Bertz CT molecular complexity index is 756. The van der Waals surface area contributed by atoms with Crippen molar-refractivity contribution in [1.82, 2.24) is 19.4 Å². The van der Waals surface area contributed by atoms with Crippen LogP contribution in [0.1, 0.15) is 30.5 Å². The third-order valence-electron chi connectivity index (χ3n) is 6.05. The molecule has 1 amide bonds. The Morgan fingerprint density at radius 3 is 2.88 bits per heavy atom. The predicted octanol–water partition coefficient (Wildman–Crippen LogP) is 2.48. The molecule has 0 aromatic carbocycles. The lowest BCUT2D eigenvalue weighted by Crippen LogP contribution is -2.47. The Hall–Kier alpha value is -2.14. The average Bonchev–Trinajstić information content (AvgIpc) is 3.23. The van der Waals surface area contributed by atoms with Gasteiger partial charge in [0.2, 0.25) is 5.91 Å². The highest BCUT2D eigenvalue weighted by Gasteiger charge is 2.42. The fourth-order valence-electron chi connectivity index (χ4n) is 4.60. The van der Waals surface area contributed by atoms with E-state index in [1.165, 1.54) is 18.5 Å². The number of nitrogens with zero attached hydrogens (tertiary/aromatic N) is 4. The third kappa shape index (κ3) is 3.68. The molecule has 0 saturated carbocycles. The van der Waals surface area contributed by atoms with Crippen molar-refractivity contribution in [2.45, 2.75) is 32.2 Å². The fraction of sp³-hybridized carbons (Fsp3) is 0.524. The first-order valence-electron chi connectivity index (χ1n) is 9.63. The zero-order valence-electron chi connectivity index (χ0n) is 15.6. The second-order valence-electron chi connectivity index (χ2n) is 8.03. The Morgan fingerprint density at radius 1 is 1.19 bits per heavy atom. The molecule has 2 aliphatic rings. The van der Waals surface area contributed by atoms with E-state index >= 15 is 0 Å². The minimum Gasteiger partial charge on any atom is -0.353 e. The highest BCUT2D eigenvalue weighted by atomic mass is 16.2. The van der Waals surface area contributed by atoms with Gasteiger partial charge in [-0.15, -0.1) is 0 Å². The van der Waals surface area contributed by atoms with Crippen LogP contribution in [-0.2, 0) is 24.8 Å². The molecule has 0 bridgehead atoms. The summed E-state index contributed by atoms with van der Waals surface area (Å²) in [7, 11) is 2.11. The van der Waals surface area contributed by atoms with Crippen molar-refractivity contribution in [3.05, 3.63) is 54.1 Å². The molecule has 4 rings (SSSR count). The van der Waals surface area contributed by atoms with Crippen LogP contribution in [-0.4, -0.2) is 51.4 Å². The molecule has 0 N–H and O–H groups in total. The smallest absolute Gasteiger partial charge is 0.227 e. The molecule has 138 valence electrons. The van der Waals surface area contributed by atoms with Crippen LogP contribution in [0.15, 0.2) is 42.9 Å². The lowest BCUT2D eigenvalue weighted by Gasteiger charge is -2.40. The van der Waals surface area contributed by atoms with Gasteiger partial charge in [0.25, 0.3) is 0 Å². The fourth-order valence-corrected chi connectivity index (χ4v) is 4.60. The van der Waals surface area contributed by atoms with Crippen molar-refractivity contribution < 1.29 is 4.79 Å². The molecular formula is C21H28N4O. The lowest BCUT2D eigenvalue weighted by atomic mass is 9.79. The number of piperidine rings is 1. The van der Waals surface area contributed by atoms with E-state index in [1.807, 2.05) is 12.1 Å². The van der Waals surface area contributed by atoms with Gasteiger partial charge in [-0.2, -0.15) is 0 Å². The quantitative estimate of drug-likeness (QED) is 0.849. The van der Waals surface area contributed by atoms with E-state index in [2.05, 4.69) is 44.7 Å². The first-order chi connectivity index (χ1) is 12.6. The van der Waals surface area contributed by atoms with Crippen LogP contribution in [0.25, 0.3) is 0 Å². The molecule has 1 spiro atoms. The Kier molecular flexibility index (Phi) is 4.81. The number of hydrogen-bond donors (Lipinski definition) is 0. The van der Waals surface area contributed by atoms with E-state index in [-0.39, 0.29) is 11.3 Å². The van der Waals surface area contributed by atoms with Crippen molar-refractivity contribution in [2.75, 3.05) is 26.2 Å². The van der Waals surface area contributed by atoms with E-state index < -0.39 is 0 Å². The van der Waals surface area contributed by atoms with Crippen molar-refractivity contribution in [2.24, 2.45) is 12.5 Å². The lowest BCUT2D eigenvalue weighted by molar-refractivity contribution is -0.133. The summed E-state index contributed by atoms with van der Waals surface area (Å²) in [5.41, 5.74) is 2.66. The summed E-state index contributed by atoms with van der Waals surface area (Å²) in [4.78, 5) is 21.6. The van der Waals surface area contributed by atoms with Gasteiger partial charge in [-0.3, -0.25) is 14.7 Å². The molecule has 2 aliphatic heterocycles. The standard InChI is InChI=1S/C21H28N4O/c1-23-10-3-6-19(23)15-24-12-8-21(16-24)7-4-11-25(17-21)20(26)13-18-5-2-9-22-14-18/h2-3,5-6,9-10,14H,4,7-8,11-13,15-17H2,1H3/t21-/m1/s1. The summed E-state index contributed by atoms with van der Waals surface area (Å²) in [6.45, 7) is 5.06. The first-order valence-corrected chi connectivity index (χ1v) is 9.63. The minimum absolute atomic E-state index is 0.248. The van der Waals surface area contributed by atoms with Crippen molar-refractivity contribution in [3.8, 4) is 0 Å². The number of carbonyl (C=O) groups excluding carboxylic acids is 1. The molecular weight excluding hydrogens is 324 g/mol. The number of carbonyl (C=O) groups is 1. The van der Waals surface area contributed by atoms with Gasteiger partial charge in [-0.1, -0.05) is 6.07 Å². The molecule has 2 fully saturated rings. The van der Waals surface area contributed by atoms with Gasteiger partial charge in [0.05, 0.1) is 6.42 Å². The predicted molar refractivity (Wildman–Crippen MR) is 101 cm³/mol. The van der Waals surface area contributed by atoms with Gasteiger partial charge in [0, 0.05) is 62.9 Å². The number of pyridine rings is 1. The van der Waals surface area contributed by atoms with Crippen molar-refractivity contribution in [1.29, 1.82) is 0 Å². The maximum absolute atomic E-state index is 12.8. The Morgan fingerprint density at radius 2 is 2.12 bits per heavy atom. The maximum atomic E-state index is 12.8. The summed E-state index contributed by atoms with van der Waals surface area (Å²) < 4.78 is 2.20. The largest absolute Gasteiger partial charge is 0.353 e. The summed E-state index contributed by atoms with van der Waals surface area (Å²) in [5.74, 6) is 0.248. The molecule has 2 saturated heterocycles. The maximum Gasteiger partial charge on any atom is 0.227 e. The molecule has 5 heteroatoms. The zero-order valence-corrected chi connectivity index (χ0v) is 15.6. The van der Waals surface area contributed by atoms with E-state index in [1.54, 1.807) is 12.4 Å². The van der Waals surface area contributed by atoms with Crippen LogP contribution in [0.5, 0.6) is 0 Å². The highest BCUT2D eigenvalue weighted by Crippen LogP contribution is 2.39. The third-order valence-corrected chi connectivity index (χ3v) is 6.05. The van der Waals surface area contributed by atoms with Crippen LogP contribution in [0.3, 0.4) is 0 Å². The highest BCUT2D eigenvalue weighted by molar-refractivity contribution is 5.78. The molecule has 5 nitrogen and oxygen atoms in total. The van der Waals surface area contributed by atoms with E-state index in [4.69, 9.17) is 0 Å². The normalized spacial score (nSPS) is 23.7. The second-order valence-corrected chi connectivity index (χ2v) is 8.03. The van der Waals surface area contributed by atoms with Crippen LogP contribution in [0, 0.1) is 5.41 Å². The van der Waals surface area contributed by atoms with Crippen LogP contribution < -0.4 is 0 Å². The summed E-state index contributed by atoms with van der Waals surface area (Å²) in [6, 6.07) is 8.21. The van der Waals surface area contributed by atoms with E-state index in [9.17, 15) is 4.79 Å². The van der Waals surface area contributed by atoms with E-state index in [0.29, 0.717) is 6.42 Å². The molecule has 26 heavy (non-hydrogen) atoms. The molecule has 2 aromatic heterocycles. The Balaban J connectivity index is 1.37. The number of rotatable bonds is 4. The number of amides is 1. The van der Waals surface area contributed by atoms with Gasteiger partial charge < -0.3 is 9.47 Å². The molecule has 1 atom stereocenters. The molecule has 2 aromatic rings. The van der Waals surface area contributed by atoms with Gasteiger partial charge in [-0.05, 0) is 49.6 Å². The summed E-state index contributed by atoms with van der Waals surface area (Å²) in [6.07, 6.45) is 9.70. The molecule has 0 aliphatic carbocycles. The van der Waals surface area contributed by atoms with Gasteiger partial charge in [0.1, 0.15) is 0 Å². The minimum atomic E-state index is 0.248. The number of likely N-dealkylation sites (tertiary alicyclic amines) is 2. The summed E-state index contributed by atoms with van der Waals surface area (Å²) >= 11 is 0. The van der Waals surface area contributed by atoms with E-state index in [0.717, 1.165) is 44.7 Å². The van der Waals surface area contributed by atoms with Crippen molar-refractivity contribution >= 4 is 5.91 Å². The SMILES string of the molecule is Cn1cccc1CN1CC[C@]2(CCCN(C(=O)Cc3cccnc3)C2)C1. The molecule has 4 heterocycles. The Labute approximate surface area is 155 Å². The van der Waals surface area contributed by atoms with Gasteiger partial charge >= 0.3 is 0 Å². The van der Waals surface area contributed by atoms with Gasteiger partial charge in [-0.25, -0.2) is 0 Å². The number of aryl methyl sites for hydroxylation is 1. The number of hydrogen-bond acceptors (Lipinski definition) is 3. The van der Waals surface area contributed by atoms with Crippen LogP contribution in [0.2, 0.25) is 0 Å².